The maximum Gasteiger partial charge on any atom is 0.407 e. The number of anilines is 1. The second kappa shape index (κ2) is 12.3. The molecule has 0 aliphatic carbocycles. The number of ether oxygens (including phenoxy) is 1. The molecule has 0 bridgehead atoms. The Morgan fingerprint density at radius 2 is 1.71 bits per heavy atom. The van der Waals surface area contributed by atoms with Gasteiger partial charge in [0.2, 0.25) is 17.7 Å². The Bertz CT molecular complexity index is 1230. The summed E-state index contributed by atoms with van der Waals surface area (Å²) in [5, 5.41) is 5.26. The average molecular weight is 583 g/mol. The van der Waals surface area contributed by atoms with Crippen molar-refractivity contribution in [1.82, 2.24) is 25.3 Å². The summed E-state index contributed by atoms with van der Waals surface area (Å²) in [7, 11) is 0. The Labute approximate surface area is 246 Å². The smallest absolute Gasteiger partial charge is 0.407 e. The lowest BCUT2D eigenvalue weighted by Crippen LogP contribution is -2.52. The van der Waals surface area contributed by atoms with Crippen LogP contribution >= 0.6 is 0 Å². The zero-order valence-corrected chi connectivity index (χ0v) is 24.8. The van der Waals surface area contributed by atoms with Crippen molar-refractivity contribution in [3.05, 3.63) is 29.3 Å². The summed E-state index contributed by atoms with van der Waals surface area (Å²) >= 11 is 0. The predicted molar refractivity (Wildman–Crippen MR) is 155 cm³/mol. The zero-order valence-electron chi connectivity index (χ0n) is 24.8. The van der Waals surface area contributed by atoms with E-state index in [0.29, 0.717) is 44.6 Å². The Balaban J connectivity index is 1.04. The minimum Gasteiger partial charge on any atom is -0.444 e. The third-order valence-electron chi connectivity index (χ3n) is 8.45. The summed E-state index contributed by atoms with van der Waals surface area (Å²) in [5.41, 5.74) is 2.03. The summed E-state index contributed by atoms with van der Waals surface area (Å²) < 4.78 is 5.34. The molecule has 4 aliphatic rings. The Morgan fingerprint density at radius 1 is 1.00 bits per heavy atom. The molecule has 42 heavy (non-hydrogen) atoms. The van der Waals surface area contributed by atoms with Crippen LogP contribution in [0.5, 0.6) is 0 Å². The fraction of sp³-hybridized carbons (Fsp3) is 0.633. The van der Waals surface area contributed by atoms with Crippen LogP contribution in [0.15, 0.2) is 18.2 Å². The van der Waals surface area contributed by atoms with Gasteiger partial charge in [0.15, 0.2) is 0 Å². The van der Waals surface area contributed by atoms with Crippen LogP contribution in [0.25, 0.3) is 0 Å². The number of fused-ring (bicyclic) bond motifs is 1. The van der Waals surface area contributed by atoms with Gasteiger partial charge in [0, 0.05) is 82.5 Å². The van der Waals surface area contributed by atoms with Crippen molar-refractivity contribution >= 4 is 35.4 Å². The van der Waals surface area contributed by atoms with Gasteiger partial charge < -0.3 is 24.8 Å². The molecule has 0 spiro atoms. The van der Waals surface area contributed by atoms with Gasteiger partial charge in [-0.2, -0.15) is 0 Å². The number of rotatable bonds is 6. The van der Waals surface area contributed by atoms with Crippen LogP contribution in [0.1, 0.15) is 68.8 Å². The highest BCUT2D eigenvalue weighted by atomic mass is 16.6. The van der Waals surface area contributed by atoms with Crippen molar-refractivity contribution in [3.8, 4) is 0 Å². The molecular formula is C30H42N6O6. The van der Waals surface area contributed by atoms with E-state index in [9.17, 15) is 24.0 Å². The number of carbonyl (C=O) groups is 5. The van der Waals surface area contributed by atoms with Crippen molar-refractivity contribution in [1.29, 1.82) is 0 Å². The van der Waals surface area contributed by atoms with Crippen molar-refractivity contribution in [2.24, 2.45) is 0 Å². The zero-order chi connectivity index (χ0) is 30.0. The first-order valence-electron chi connectivity index (χ1n) is 15.0. The highest BCUT2D eigenvalue weighted by Gasteiger charge is 2.39. The lowest BCUT2D eigenvalue weighted by atomic mass is 10.0. The van der Waals surface area contributed by atoms with Gasteiger partial charge in [0.25, 0.3) is 5.91 Å². The molecular weight excluding hydrogens is 540 g/mol. The van der Waals surface area contributed by atoms with Crippen LogP contribution in [-0.4, -0.2) is 108 Å². The molecule has 12 heteroatoms. The molecule has 0 saturated carbocycles. The molecule has 5 amide bonds. The average Bonchev–Trinajstić information content (AvgIpc) is 3.26. The van der Waals surface area contributed by atoms with Crippen LogP contribution in [0.2, 0.25) is 0 Å². The first-order valence-corrected chi connectivity index (χ1v) is 15.0. The van der Waals surface area contributed by atoms with E-state index < -0.39 is 23.6 Å². The van der Waals surface area contributed by atoms with Gasteiger partial charge in [-0.05, 0) is 63.8 Å². The van der Waals surface area contributed by atoms with E-state index in [2.05, 4.69) is 20.4 Å². The molecule has 3 saturated heterocycles. The van der Waals surface area contributed by atoms with E-state index in [1.165, 1.54) is 0 Å². The van der Waals surface area contributed by atoms with Gasteiger partial charge in [0.1, 0.15) is 11.6 Å². The first-order chi connectivity index (χ1) is 20.0. The van der Waals surface area contributed by atoms with Crippen LogP contribution in [-0.2, 0) is 25.7 Å². The number of nitrogens with one attached hydrogen (secondary N) is 2. The third kappa shape index (κ3) is 7.03. The van der Waals surface area contributed by atoms with Gasteiger partial charge in [0.05, 0.1) is 0 Å². The SMILES string of the molecule is CC(C)(C)OC(=O)NC1CCN(C(=O)CCN2CCN(c3ccc4c(c3)CN(C3CCC(=O)NC3=O)C4=O)CC2)CC1. The van der Waals surface area contributed by atoms with Gasteiger partial charge >= 0.3 is 6.09 Å². The second-order valence-corrected chi connectivity index (χ2v) is 12.6. The lowest BCUT2D eigenvalue weighted by molar-refractivity contribution is -0.137. The maximum absolute atomic E-state index is 13.0. The monoisotopic (exact) mass is 582 g/mol. The van der Waals surface area contributed by atoms with E-state index in [1.807, 2.05) is 43.9 Å². The third-order valence-corrected chi connectivity index (χ3v) is 8.45. The molecule has 1 aromatic rings. The molecule has 5 rings (SSSR count). The number of imide groups is 1. The van der Waals surface area contributed by atoms with Crippen LogP contribution in [0.4, 0.5) is 10.5 Å². The fourth-order valence-corrected chi connectivity index (χ4v) is 6.15. The molecule has 228 valence electrons. The molecule has 0 aromatic heterocycles. The number of hydrogen-bond acceptors (Lipinski definition) is 8. The summed E-state index contributed by atoms with van der Waals surface area (Å²) in [5.74, 6) is -0.705. The van der Waals surface area contributed by atoms with E-state index in [1.54, 1.807) is 4.90 Å². The topological polar surface area (TPSA) is 132 Å². The number of alkyl carbamates (subject to hydrolysis) is 1. The number of hydrogen-bond donors (Lipinski definition) is 2. The van der Waals surface area contributed by atoms with Gasteiger partial charge in [-0.3, -0.25) is 29.4 Å². The van der Waals surface area contributed by atoms with Crippen molar-refractivity contribution in [3.63, 3.8) is 0 Å². The van der Waals surface area contributed by atoms with Crippen LogP contribution < -0.4 is 15.5 Å². The summed E-state index contributed by atoms with van der Waals surface area (Å²) in [6.07, 6.45) is 2.10. The maximum atomic E-state index is 13.0. The molecule has 1 atom stereocenters. The number of amides is 5. The summed E-state index contributed by atoms with van der Waals surface area (Å²) in [6.45, 7) is 11.2. The lowest BCUT2D eigenvalue weighted by Gasteiger charge is -2.37. The highest BCUT2D eigenvalue weighted by Crippen LogP contribution is 2.31. The molecule has 0 radical (unpaired) electrons. The summed E-state index contributed by atoms with van der Waals surface area (Å²) in [4.78, 5) is 69.8. The van der Waals surface area contributed by atoms with E-state index in [-0.39, 0.29) is 30.2 Å². The molecule has 2 N–H and O–H groups in total. The molecule has 12 nitrogen and oxygen atoms in total. The number of carbonyl (C=O) groups excluding carboxylic acids is 5. The summed E-state index contributed by atoms with van der Waals surface area (Å²) in [6, 6.07) is 5.26. The normalized spacial score (nSPS) is 22.2. The van der Waals surface area contributed by atoms with Gasteiger partial charge in [-0.1, -0.05) is 0 Å². The standard InChI is InChI=1S/C30H42N6O6/c1-30(2,3)42-29(41)31-21-8-12-35(13-9-21)26(38)10-11-33-14-16-34(17-15-33)22-4-5-23-20(18-22)19-36(28(23)40)24-6-7-25(37)32-27(24)39/h4-5,18,21,24H,6-17,19H2,1-3H3,(H,31,41)(H,32,37,39). The molecule has 3 fully saturated rings. The van der Waals surface area contributed by atoms with Crippen LogP contribution in [0, 0.1) is 0 Å². The van der Waals surface area contributed by atoms with E-state index in [0.717, 1.165) is 50.3 Å². The van der Waals surface area contributed by atoms with Crippen molar-refractivity contribution in [2.75, 3.05) is 50.7 Å². The minimum absolute atomic E-state index is 0.0230. The van der Waals surface area contributed by atoms with Gasteiger partial charge in [-0.15, -0.1) is 0 Å². The number of likely N-dealkylation sites (tertiary alicyclic amines) is 1. The number of piperazine rings is 1. The van der Waals surface area contributed by atoms with Crippen molar-refractivity contribution in [2.45, 2.75) is 77.1 Å². The van der Waals surface area contributed by atoms with E-state index >= 15 is 0 Å². The molecule has 4 heterocycles. The number of nitrogens with zero attached hydrogens (tertiary/aromatic N) is 4. The Morgan fingerprint density at radius 3 is 2.38 bits per heavy atom. The van der Waals surface area contributed by atoms with Crippen molar-refractivity contribution < 1.29 is 28.7 Å². The fourth-order valence-electron chi connectivity index (χ4n) is 6.15. The quantitative estimate of drug-likeness (QED) is 0.483. The Kier molecular flexibility index (Phi) is 8.72. The van der Waals surface area contributed by atoms with E-state index in [4.69, 9.17) is 4.74 Å². The first kappa shape index (κ1) is 29.8. The largest absolute Gasteiger partial charge is 0.444 e. The number of benzene rings is 1. The second-order valence-electron chi connectivity index (χ2n) is 12.6. The number of piperidine rings is 2. The Hall–Kier alpha value is -3.67. The molecule has 1 unspecified atom stereocenters. The molecule has 1 aromatic carbocycles. The minimum atomic E-state index is -0.613. The predicted octanol–water partition coefficient (Wildman–Crippen LogP) is 1.48. The van der Waals surface area contributed by atoms with Gasteiger partial charge in [-0.25, -0.2) is 4.79 Å². The molecule has 4 aliphatic heterocycles. The van der Waals surface area contributed by atoms with Crippen LogP contribution in [0.3, 0.4) is 0 Å². The highest BCUT2D eigenvalue weighted by molar-refractivity contribution is 6.05.